The van der Waals surface area contributed by atoms with E-state index in [-0.39, 0.29) is 0 Å². The molecule has 0 aliphatic rings. The average molecular weight is 192 g/mol. The zero-order valence-corrected chi connectivity index (χ0v) is 9.42. The van der Waals surface area contributed by atoms with Crippen molar-refractivity contribution in [2.24, 2.45) is 0 Å². The van der Waals surface area contributed by atoms with Gasteiger partial charge in [0.15, 0.2) is 0 Å². The van der Waals surface area contributed by atoms with E-state index in [0.717, 1.165) is 19.4 Å². The molecule has 1 nitrogen and oxygen atoms in total. The average Bonchev–Trinajstić information content (AvgIpc) is 2.19. The van der Waals surface area contributed by atoms with Gasteiger partial charge in [-0.15, -0.1) is 0 Å². The van der Waals surface area contributed by atoms with Crippen LogP contribution in [0.1, 0.15) is 37.3 Å². The van der Waals surface area contributed by atoms with E-state index in [4.69, 9.17) is 4.74 Å². The van der Waals surface area contributed by atoms with E-state index in [9.17, 15) is 0 Å². The van der Waals surface area contributed by atoms with Crippen molar-refractivity contribution in [1.82, 2.24) is 0 Å². The van der Waals surface area contributed by atoms with Crippen molar-refractivity contribution in [3.8, 4) is 0 Å². The summed E-state index contributed by atoms with van der Waals surface area (Å²) in [6, 6.07) is 8.85. The molecule has 14 heavy (non-hydrogen) atoms. The Balaban J connectivity index is 2.55. The van der Waals surface area contributed by atoms with Crippen LogP contribution < -0.4 is 0 Å². The van der Waals surface area contributed by atoms with Gasteiger partial charge in [0.05, 0.1) is 0 Å². The Bertz CT molecular complexity index is 266. The Hall–Kier alpha value is -0.820. The molecule has 0 radical (unpaired) electrons. The number of rotatable bonds is 5. The SMILES string of the molecule is COCCCc1cccc(C(C)C)c1. The highest BCUT2D eigenvalue weighted by molar-refractivity contribution is 5.25. The van der Waals surface area contributed by atoms with Crippen molar-refractivity contribution in [3.05, 3.63) is 35.4 Å². The molecular weight excluding hydrogens is 172 g/mol. The molecule has 0 aliphatic carbocycles. The van der Waals surface area contributed by atoms with Gasteiger partial charge in [-0.3, -0.25) is 0 Å². The van der Waals surface area contributed by atoms with Crippen LogP contribution in [0.15, 0.2) is 24.3 Å². The Morgan fingerprint density at radius 2 is 2.07 bits per heavy atom. The molecule has 0 bridgehead atoms. The fraction of sp³-hybridized carbons (Fsp3) is 0.538. The highest BCUT2D eigenvalue weighted by atomic mass is 16.5. The smallest absolute Gasteiger partial charge is 0.0465 e. The molecule has 0 saturated heterocycles. The standard InChI is InChI=1S/C13H20O/c1-11(2)13-8-4-6-12(10-13)7-5-9-14-3/h4,6,8,10-11H,5,7,9H2,1-3H3. The number of aryl methyl sites for hydroxylation is 1. The molecule has 0 unspecified atom stereocenters. The first-order valence-electron chi connectivity index (χ1n) is 5.32. The lowest BCUT2D eigenvalue weighted by atomic mass is 9.99. The molecule has 0 fully saturated rings. The molecule has 1 rings (SSSR count). The minimum atomic E-state index is 0.623. The third-order valence-electron chi connectivity index (χ3n) is 2.43. The zero-order valence-electron chi connectivity index (χ0n) is 9.42. The van der Waals surface area contributed by atoms with E-state index < -0.39 is 0 Å². The second-order valence-corrected chi connectivity index (χ2v) is 4.00. The molecular formula is C13H20O. The van der Waals surface area contributed by atoms with Gasteiger partial charge in [0.25, 0.3) is 0 Å². The van der Waals surface area contributed by atoms with E-state index >= 15 is 0 Å². The van der Waals surface area contributed by atoms with Gasteiger partial charge in [-0.1, -0.05) is 38.1 Å². The van der Waals surface area contributed by atoms with Crippen LogP contribution in [0.3, 0.4) is 0 Å². The third-order valence-corrected chi connectivity index (χ3v) is 2.43. The van der Waals surface area contributed by atoms with Gasteiger partial charge in [-0.25, -0.2) is 0 Å². The minimum Gasteiger partial charge on any atom is -0.385 e. The number of hydrogen-bond acceptors (Lipinski definition) is 1. The van der Waals surface area contributed by atoms with Crippen LogP contribution in [0.2, 0.25) is 0 Å². The molecule has 0 saturated carbocycles. The first-order valence-corrected chi connectivity index (χ1v) is 5.32. The lowest BCUT2D eigenvalue weighted by Gasteiger charge is -2.07. The van der Waals surface area contributed by atoms with Crippen LogP contribution in [0, 0.1) is 0 Å². The number of benzene rings is 1. The van der Waals surface area contributed by atoms with Gasteiger partial charge in [0.2, 0.25) is 0 Å². The lowest BCUT2D eigenvalue weighted by molar-refractivity contribution is 0.195. The maximum atomic E-state index is 5.04. The Morgan fingerprint density at radius 3 is 2.71 bits per heavy atom. The van der Waals surface area contributed by atoms with Crippen molar-refractivity contribution < 1.29 is 4.74 Å². The Kier molecular flexibility index (Phi) is 4.68. The van der Waals surface area contributed by atoms with E-state index in [2.05, 4.69) is 38.1 Å². The summed E-state index contributed by atoms with van der Waals surface area (Å²) >= 11 is 0. The van der Waals surface area contributed by atoms with Gasteiger partial charge in [-0.2, -0.15) is 0 Å². The van der Waals surface area contributed by atoms with Crippen molar-refractivity contribution in [2.45, 2.75) is 32.6 Å². The van der Waals surface area contributed by atoms with Gasteiger partial charge in [0, 0.05) is 13.7 Å². The van der Waals surface area contributed by atoms with E-state index in [1.54, 1.807) is 7.11 Å². The van der Waals surface area contributed by atoms with Crippen LogP contribution in [-0.2, 0) is 11.2 Å². The first kappa shape index (κ1) is 11.3. The number of ether oxygens (including phenoxy) is 1. The summed E-state index contributed by atoms with van der Waals surface area (Å²) in [6.45, 7) is 5.31. The molecule has 0 N–H and O–H groups in total. The molecule has 0 spiro atoms. The normalized spacial score (nSPS) is 10.9. The molecule has 78 valence electrons. The third kappa shape index (κ3) is 3.51. The van der Waals surface area contributed by atoms with Gasteiger partial charge in [0.1, 0.15) is 0 Å². The second kappa shape index (κ2) is 5.82. The predicted molar refractivity (Wildman–Crippen MR) is 60.7 cm³/mol. The highest BCUT2D eigenvalue weighted by Crippen LogP contribution is 2.16. The molecule has 0 aliphatic heterocycles. The summed E-state index contributed by atoms with van der Waals surface area (Å²) in [5, 5.41) is 0. The van der Waals surface area contributed by atoms with Crippen LogP contribution >= 0.6 is 0 Å². The summed E-state index contributed by atoms with van der Waals surface area (Å²) in [6.07, 6.45) is 2.23. The number of methoxy groups -OCH3 is 1. The first-order chi connectivity index (χ1) is 6.74. The fourth-order valence-electron chi connectivity index (χ4n) is 1.53. The van der Waals surface area contributed by atoms with Crippen LogP contribution in [0.25, 0.3) is 0 Å². The molecule has 1 heteroatoms. The largest absolute Gasteiger partial charge is 0.385 e. The maximum Gasteiger partial charge on any atom is 0.0465 e. The van der Waals surface area contributed by atoms with Crippen molar-refractivity contribution in [3.63, 3.8) is 0 Å². The van der Waals surface area contributed by atoms with Gasteiger partial charge in [-0.05, 0) is 29.9 Å². The topological polar surface area (TPSA) is 9.23 Å². The zero-order chi connectivity index (χ0) is 10.4. The summed E-state index contributed by atoms with van der Waals surface area (Å²) in [5.41, 5.74) is 2.85. The number of hydrogen-bond donors (Lipinski definition) is 0. The molecule has 1 aromatic carbocycles. The Morgan fingerprint density at radius 1 is 1.29 bits per heavy atom. The van der Waals surface area contributed by atoms with Crippen molar-refractivity contribution >= 4 is 0 Å². The van der Waals surface area contributed by atoms with Crippen LogP contribution in [-0.4, -0.2) is 13.7 Å². The quantitative estimate of drug-likeness (QED) is 0.650. The molecule has 0 atom stereocenters. The molecule has 0 amide bonds. The summed E-state index contributed by atoms with van der Waals surface area (Å²) in [4.78, 5) is 0. The summed E-state index contributed by atoms with van der Waals surface area (Å²) in [7, 11) is 1.75. The van der Waals surface area contributed by atoms with Gasteiger partial charge >= 0.3 is 0 Å². The van der Waals surface area contributed by atoms with Gasteiger partial charge < -0.3 is 4.74 Å². The van der Waals surface area contributed by atoms with E-state index in [1.807, 2.05) is 0 Å². The van der Waals surface area contributed by atoms with Crippen LogP contribution in [0.4, 0.5) is 0 Å². The molecule has 1 aromatic rings. The summed E-state index contributed by atoms with van der Waals surface area (Å²) < 4.78 is 5.04. The maximum absolute atomic E-state index is 5.04. The van der Waals surface area contributed by atoms with E-state index in [0.29, 0.717) is 5.92 Å². The summed E-state index contributed by atoms with van der Waals surface area (Å²) in [5.74, 6) is 0.623. The van der Waals surface area contributed by atoms with Crippen molar-refractivity contribution in [2.75, 3.05) is 13.7 Å². The monoisotopic (exact) mass is 192 g/mol. The lowest BCUT2D eigenvalue weighted by Crippen LogP contribution is -1.94. The molecule has 0 aromatic heterocycles. The predicted octanol–water partition coefficient (Wildman–Crippen LogP) is 3.39. The molecule has 0 heterocycles. The fourth-order valence-corrected chi connectivity index (χ4v) is 1.53. The van der Waals surface area contributed by atoms with Crippen LogP contribution in [0.5, 0.6) is 0 Å². The van der Waals surface area contributed by atoms with E-state index in [1.165, 1.54) is 11.1 Å². The minimum absolute atomic E-state index is 0.623. The van der Waals surface area contributed by atoms with Crippen molar-refractivity contribution in [1.29, 1.82) is 0 Å². The Labute approximate surface area is 87.1 Å². The second-order valence-electron chi connectivity index (χ2n) is 4.00. The highest BCUT2D eigenvalue weighted by Gasteiger charge is 1.99.